The van der Waals surface area contributed by atoms with E-state index in [1.54, 1.807) is 67.6 Å². The number of nitro groups is 1. The van der Waals surface area contributed by atoms with Crippen LogP contribution in [0.25, 0.3) is 5.57 Å². The maximum absolute atomic E-state index is 10.5. The summed E-state index contributed by atoms with van der Waals surface area (Å²) in [6, 6.07) is 22.4. The Bertz CT molecular complexity index is 3520. The lowest BCUT2D eigenvalue weighted by atomic mass is 9.95. The van der Waals surface area contributed by atoms with Gasteiger partial charge in [0.05, 0.1) is 4.92 Å². The van der Waals surface area contributed by atoms with Gasteiger partial charge in [0, 0.05) is 30.0 Å². The molecule has 1 saturated carbocycles. The second kappa shape index (κ2) is 65.6. The molecule has 5 aromatic rings. The fraction of sp³-hybridized carbons (Fsp3) is 0.397. The number of nitro benzene ring substituents is 1. The van der Waals surface area contributed by atoms with E-state index in [0.29, 0.717) is 46.2 Å². The van der Waals surface area contributed by atoms with Crippen LogP contribution in [0.3, 0.4) is 0 Å². The standard InChI is InChI=1S/C12H12O3.C11H13NO5.C10H13NO3.C9H10ClNO3.C9H10N2O4.C8H15NO2.C7H16N2.2CO2.H3N.6H2S/c13-10-5-3-8-1-2-9(11(8)7-10)4-6-12(14)15;12-9(11(15)16)5-7-1-3-8(4-2-7)17-6-10(13)14;1-6-3-2-4-7(9(6)12)5-8(11)10(13)14;10-7-4-6(12)2-1-5(7)3-8(11)9(13)14;10-8(9(12)13)5-6-1-3-7(4-2-6)11(14)15;9-7(8(10)11)5-6-3-1-2-4-6;8-4-1-7-2-5-9-6-3-7;2*2-1-3;;;;;;;/h2-3,5,7,13H,1,4,6H2,(H,14,15);1-4,9H,5-6,12H2,(H,13,14)(H,15,16);2-4,8,12H,5,11H2,1H3,(H,13,14);1-2,4,8,12H,3,11H2,(H,13,14);1-4,8H,5,10H2,(H,12,13);6-7H,1-5,9H2,(H,10,11);7,9H,1-6,8H2;;;1H3;6*1H2/t;9-;;2*8-;7-;;;;;;;;;;/m.0.000........../s1. The number of carbonyl (C=O) groups is 7. The molecule has 2 fully saturated rings. The van der Waals surface area contributed by atoms with Crippen molar-refractivity contribution in [1.29, 1.82) is 0 Å². The van der Waals surface area contributed by atoms with Crippen LogP contribution in [0, 0.1) is 28.9 Å². The molecule has 8 rings (SSSR count). The van der Waals surface area contributed by atoms with Crippen LogP contribution in [0.15, 0.2) is 109 Å². The molecule has 0 amide bonds. The van der Waals surface area contributed by atoms with Crippen molar-refractivity contribution < 1.29 is 113 Å². The van der Waals surface area contributed by atoms with Crippen LogP contribution in [-0.2, 0) is 84.8 Å². The van der Waals surface area contributed by atoms with Gasteiger partial charge >= 0.3 is 54.1 Å². The summed E-state index contributed by atoms with van der Waals surface area (Å²) in [5, 5.41) is 102. The number of carbonyl (C=O) groups excluding carboxylic acids is 4. The van der Waals surface area contributed by atoms with Gasteiger partial charge in [0.25, 0.3) is 5.69 Å². The molecule has 108 heavy (non-hydrogen) atoms. The van der Waals surface area contributed by atoms with Gasteiger partial charge in [-0.05, 0) is 177 Å². The molecule has 26 N–H and O–H groups in total. The summed E-state index contributed by atoms with van der Waals surface area (Å²) in [6.45, 7) is 4.61. The summed E-state index contributed by atoms with van der Waals surface area (Å²) >= 11 is 5.77. The van der Waals surface area contributed by atoms with Crippen molar-refractivity contribution >= 4 is 158 Å². The van der Waals surface area contributed by atoms with E-state index >= 15 is 0 Å². The number of non-ortho nitro benzene ring substituents is 1. The van der Waals surface area contributed by atoms with Gasteiger partial charge in [-0.25, -0.2) is 4.79 Å². The summed E-state index contributed by atoms with van der Waals surface area (Å²) in [6.07, 6.45) is 14.1. The molecule has 5 atom stereocenters. The number of carboxylic acid groups (broad SMARTS) is 7. The number of benzene rings is 5. The van der Waals surface area contributed by atoms with Gasteiger partial charge in [0.1, 0.15) is 53.2 Å². The first-order valence-corrected chi connectivity index (χ1v) is 31.5. The predicted octanol–water partition coefficient (Wildman–Crippen LogP) is 5.49. The summed E-state index contributed by atoms with van der Waals surface area (Å²) in [5.74, 6) is -4.69. The number of rotatable bonds is 24. The van der Waals surface area contributed by atoms with Crippen molar-refractivity contribution in [2.24, 2.45) is 46.2 Å². The number of piperidine rings is 1. The molecule has 3 aliphatic rings. The van der Waals surface area contributed by atoms with Crippen LogP contribution < -0.4 is 50.6 Å². The highest BCUT2D eigenvalue weighted by Crippen LogP contribution is 2.33. The van der Waals surface area contributed by atoms with Crippen LogP contribution in [0.5, 0.6) is 23.0 Å². The van der Waals surface area contributed by atoms with Gasteiger partial charge in [0.2, 0.25) is 0 Å². The molecule has 5 aromatic carbocycles. The van der Waals surface area contributed by atoms with Crippen LogP contribution in [0.1, 0.15) is 103 Å². The number of fused-ring (bicyclic) bond motifs is 1. The number of allylic oxidation sites excluding steroid dienone is 2. The first kappa shape index (κ1) is 115. The lowest BCUT2D eigenvalue weighted by Crippen LogP contribution is -2.32. The summed E-state index contributed by atoms with van der Waals surface area (Å²) < 4.78 is 4.93. The predicted molar refractivity (Wildman–Crippen MR) is 431 cm³/mol. The lowest BCUT2D eigenvalue weighted by Gasteiger charge is -2.21. The Balaban J connectivity index is -0.000000177. The number of ether oxygens (including phenoxy) is 1. The quantitative estimate of drug-likeness (QED) is 0.0268. The number of hydrogen-bond acceptors (Lipinski definition) is 25. The molecule has 0 spiro atoms. The zero-order chi connectivity index (χ0) is 76.7. The maximum Gasteiger partial charge on any atom is 0.373 e. The first-order valence-electron chi connectivity index (χ1n) is 31.1. The minimum Gasteiger partial charge on any atom is -0.508 e. The van der Waals surface area contributed by atoms with E-state index in [0.717, 1.165) is 46.7 Å². The molecule has 1 heterocycles. The Morgan fingerprint density at radius 2 is 1.02 bits per heavy atom. The van der Waals surface area contributed by atoms with Crippen molar-refractivity contribution in [3.8, 4) is 23.0 Å². The molecule has 2 aliphatic carbocycles. The van der Waals surface area contributed by atoms with E-state index in [9.17, 15) is 53.9 Å². The number of aliphatic carboxylic acids is 7. The van der Waals surface area contributed by atoms with E-state index in [1.807, 2.05) is 12.1 Å². The molecule has 33 nitrogen and oxygen atoms in total. The minimum atomic E-state index is -1.09. The number of nitrogens with two attached hydrogens (primary N) is 6. The molecule has 1 saturated heterocycles. The number of carboxylic acids is 7. The van der Waals surface area contributed by atoms with Crippen molar-refractivity contribution in [1.82, 2.24) is 11.5 Å². The zero-order valence-electron chi connectivity index (χ0n) is 59.1. The SMILES string of the molecule is Cc1cccc(CC(N)C(=O)O)c1O.N.NCCC1CCNCC1.N[C@@H](CC1CCCC1)C(=O)O.N[C@@H](Cc1ccc(O)cc1Cl)C(=O)O.N[C@@H](Cc1ccc(OCC(=O)O)cc1)C(=O)O.N[C@@H](Cc1ccc([N+](=O)[O-])cc1)C(=O)O.O=C(O)CCC1=CCc2ccc(O)cc21.O=C=O.O=C=O.S.S.S.S.S.S. The second-order valence-corrected chi connectivity index (χ2v) is 23.0. The van der Waals surface area contributed by atoms with Crippen LogP contribution in [0.2, 0.25) is 5.02 Å². The van der Waals surface area contributed by atoms with Gasteiger partial charge in [-0.15, -0.1) is 0 Å². The lowest BCUT2D eigenvalue weighted by molar-refractivity contribution is -0.384. The van der Waals surface area contributed by atoms with Crippen LogP contribution in [-0.4, -0.2) is 167 Å². The Kier molecular flexibility index (Phi) is 70.1. The summed E-state index contributed by atoms with van der Waals surface area (Å²) in [7, 11) is 0. The second-order valence-electron chi connectivity index (χ2n) is 22.6. The van der Waals surface area contributed by atoms with Crippen molar-refractivity contribution in [2.45, 2.75) is 133 Å². The number of halogens is 1. The van der Waals surface area contributed by atoms with Gasteiger partial charge in [-0.2, -0.15) is 100 Å². The van der Waals surface area contributed by atoms with Gasteiger partial charge in [-0.1, -0.05) is 98.0 Å². The number of aromatic hydroxyl groups is 3. The number of phenols is 3. The third-order valence-corrected chi connectivity index (χ3v) is 15.2. The third-order valence-electron chi connectivity index (χ3n) is 14.9. The van der Waals surface area contributed by atoms with E-state index < -0.39 is 83.5 Å². The minimum absolute atomic E-state index is 0. The first-order chi connectivity index (χ1) is 47.6. The zero-order valence-corrected chi connectivity index (χ0v) is 65.8. The molecular weight excluding hydrogens is 1550 g/mol. The number of phenolic OH excluding ortho intramolecular Hbond substituents is 3. The molecule has 1 aliphatic heterocycles. The summed E-state index contributed by atoms with van der Waals surface area (Å²) in [5.41, 5.74) is 38.7. The number of para-hydroxylation sites is 1. The number of aryl methyl sites for hydroxylation is 1. The average Bonchev–Trinajstić information content (AvgIpc) is 1.67. The number of nitrogens with zero attached hydrogens (tertiary/aromatic N) is 1. The molecule has 40 heteroatoms. The Morgan fingerprint density at radius 1 is 0.583 bits per heavy atom. The van der Waals surface area contributed by atoms with Crippen LogP contribution in [0.4, 0.5) is 5.69 Å². The van der Waals surface area contributed by atoms with E-state index in [2.05, 4.69) is 5.32 Å². The number of hydrogen-bond donors (Lipinski definition) is 18. The Labute approximate surface area is 671 Å². The highest BCUT2D eigenvalue weighted by molar-refractivity contribution is 7.60. The van der Waals surface area contributed by atoms with Crippen molar-refractivity contribution in [3.05, 3.63) is 163 Å². The highest BCUT2D eigenvalue weighted by Gasteiger charge is 2.22. The third kappa shape index (κ3) is 51.8. The molecule has 0 radical (unpaired) electrons. The monoisotopic (exact) mass is 1660 g/mol. The van der Waals surface area contributed by atoms with Crippen molar-refractivity contribution in [3.63, 3.8) is 0 Å². The molecule has 0 aromatic heterocycles. The molecule has 608 valence electrons. The molecule has 1 unspecified atom stereocenters. The normalized spacial score (nSPS) is 12.9. The molecular formula is C68H104ClN9O24S6. The van der Waals surface area contributed by atoms with Gasteiger partial charge in [0.15, 0.2) is 6.61 Å². The molecule has 0 bridgehead atoms. The van der Waals surface area contributed by atoms with E-state index in [4.69, 9.17) is 111 Å². The van der Waals surface area contributed by atoms with Crippen molar-refractivity contribution in [2.75, 3.05) is 26.2 Å². The fourth-order valence-corrected chi connectivity index (χ4v) is 9.76. The number of nitrogens with one attached hydrogen (secondary N) is 1. The van der Waals surface area contributed by atoms with E-state index in [-0.39, 0.29) is 154 Å². The summed E-state index contributed by atoms with van der Waals surface area (Å²) in [4.78, 5) is 115. The highest BCUT2D eigenvalue weighted by atomic mass is 35.5. The Morgan fingerprint density at radius 3 is 1.44 bits per heavy atom. The topological polar surface area (TPSA) is 646 Å². The largest absolute Gasteiger partial charge is 0.508 e. The van der Waals surface area contributed by atoms with E-state index in [1.165, 1.54) is 94.4 Å². The fourth-order valence-electron chi connectivity index (χ4n) is 9.51. The van der Waals surface area contributed by atoms with Gasteiger partial charge in [-0.3, -0.25) is 38.9 Å². The maximum atomic E-state index is 10.5. The average molecular weight is 1660 g/mol. The Hall–Kier alpha value is -8.44. The van der Waals surface area contributed by atoms with Crippen LogP contribution >= 0.6 is 92.6 Å². The smallest absolute Gasteiger partial charge is 0.373 e. The van der Waals surface area contributed by atoms with Gasteiger partial charge < -0.3 is 102 Å².